The van der Waals surface area contributed by atoms with E-state index in [4.69, 9.17) is 0 Å². The first-order valence-corrected chi connectivity index (χ1v) is 6.07. The molecule has 0 aliphatic carbocycles. The van der Waals surface area contributed by atoms with Crippen LogP contribution in [0.15, 0.2) is 23.2 Å². The van der Waals surface area contributed by atoms with Gasteiger partial charge in [-0.05, 0) is 30.5 Å². The minimum Gasteiger partial charge on any atom is -0.356 e. The molecule has 18 heavy (non-hydrogen) atoms. The highest BCUT2D eigenvalue weighted by Crippen LogP contribution is 2.36. The summed E-state index contributed by atoms with van der Waals surface area (Å²) >= 11 is 0. The molecule has 96 valence electrons. The fraction of sp³-hybridized carbons (Fsp3) is 0.462. The van der Waals surface area contributed by atoms with E-state index in [0.717, 1.165) is 49.3 Å². The number of fused-ring (bicyclic) bond motifs is 2. The molecule has 2 nitrogen and oxygen atoms in total. The van der Waals surface area contributed by atoms with Crippen molar-refractivity contribution in [3.8, 4) is 0 Å². The molecular formula is C13H13F3N2. The SMILES string of the molecule is FC(F)(F)c1ccc2c(c1)N=C1CCCCN1C2. The maximum Gasteiger partial charge on any atom is 0.416 e. The van der Waals surface area contributed by atoms with E-state index in [1.807, 2.05) is 0 Å². The minimum atomic E-state index is -4.29. The van der Waals surface area contributed by atoms with Crippen LogP contribution >= 0.6 is 0 Å². The zero-order chi connectivity index (χ0) is 12.8. The van der Waals surface area contributed by atoms with Crippen LogP contribution in [-0.4, -0.2) is 17.3 Å². The quantitative estimate of drug-likeness (QED) is 0.688. The van der Waals surface area contributed by atoms with E-state index in [1.54, 1.807) is 6.07 Å². The molecule has 0 unspecified atom stereocenters. The van der Waals surface area contributed by atoms with Gasteiger partial charge in [0, 0.05) is 19.5 Å². The molecule has 0 saturated carbocycles. The lowest BCUT2D eigenvalue weighted by atomic mass is 10.0. The topological polar surface area (TPSA) is 15.6 Å². The van der Waals surface area contributed by atoms with Crippen LogP contribution in [0.3, 0.4) is 0 Å². The molecule has 2 aliphatic rings. The Morgan fingerprint density at radius 3 is 2.78 bits per heavy atom. The van der Waals surface area contributed by atoms with Crippen LogP contribution in [0.1, 0.15) is 30.4 Å². The van der Waals surface area contributed by atoms with E-state index in [2.05, 4.69) is 9.89 Å². The normalized spacial score (nSPS) is 19.1. The Labute approximate surface area is 103 Å². The number of rotatable bonds is 0. The molecule has 2 aliphatic heterocycles. The third kappa shape index (κ3) is 1.98. The number of nitrogens with zero attached hydrogens (tertiary/aromatic N) is 2. The zero-order valence-electron chi connectivity index (χ0n) is 9.80. The first-order valence-electron chi connectivity index (χ1n) is 6.07. The molecule has 0 atom stereocenters. The summed E-state index contributed by atoms with van der Waals surface area (Å²) in [6.45, 7) is 1.64. The molecule has 5 heteroatoms. The van der Waals surface area contributed by atoms with Crippen LogP contribution < -0.4 is 0 Å². The van der Waals surface area contributed by atoms with Crippen LogP contribution in [0, 0.1) is 0 Å². The summed E-state index contributed by atoms with van der Waals surface area (Å²) in [6.07, 6.45) is -1.22. The van der Waals surface area contributed by atoms with Crippen molar-refractivity contribution in [3.63, 3.8) is 0 Å². The highest BCUT2D eigenvalue weighted by atomic mass is 19.4. The van der Waals surface area contributed by atoms with Gasteiger partial charge in [0.2, 0.25) is 0 Å². The van der Waals surface area contributed by atoms with Crippen LogP contribution in [0.25, 0.3) is 0 Å². The fourth-order valence-electron chi connectivity index (χ4n) is 2.49. The monoisotopic (exact) mass is 254 g/mol. The maximum atomic E-state index is 12.6. The summed E-state index contributed by atoms with van der Waals surface area (Å²) in [5.74, 6) is 0.938. The summed E-state index contributed by atoms with van der Waals surface area (Å²) < 4.78 is 37.9. The molecule has 3 rings (SSSR count). The Hall–Kier alpha value is -1.52. The Morgan fingerprint density at radius 1 is 1.17 bits per heavy atom. The molecule has 0 amide bonds. The van der Waals surface area contributed by atoms with Crippen LogP contribution in [0.5, 0.6) is 0 Å². The van der Waals surface area contributed by atoms with Crippen molar-refractivity contribution in [2.75, 3.05) is 6.54 Å². The number of piperidine rings is 1. The van der Waals surface area contributed by atoms with Crippen molar-refractivity contribution in [2.45, 2.75) is 32.0 Å². The van der Waals surface area contributed by atoms with Crippen molar-refractivity contribution < 1.29 is 13.2 Å². The average Bonchev–Trinajstić information content (AvgIpc) is 2.34. The number of hydrogen-bond donors (Lipinski definition) is 0. The van der Waals surface area contributed by atoms with Crippen LogP contribution in [0.4, 0.5) is 18.9 Å². The molecule has 2 heterocycles. The number of hydrogen-bond acceptors (Lipinski definition) is 2. The van der Waals surface area contributed by atoms with Crippen molar-refractivity contribution in [1.29, 1.82) is 0 Å². The summed E-state index contributed by atoms with van der Waals surface area (Å²) in [4.78, 5) is 6.55. The number of aliphatic imine (C=N–C) groups is 1. The first-order chi connectivity index (χ1) is 8.54. The molecular weight excluding hydrogens is 241 g/mol. The number of benzene rings is 1. The standard InChI is InChI=1S/C13H13F3N2/c14-13(15,16)10-5-4-9-8-18-6-2-1-3-12(18)17-11(9)7-10/h4-5,7H,1-3,6,8H2. The predicted octanol–water partition coefficient (Wildman–Crippen LogP) is 3.73. The number of amidine groups is 1. The van der Waals surface area contributed by atoms with Gasteiger partial charge in [-0.2, -0.15) is 13.2 Å². The van der Waals surface area contributed by atoms with E-state index in [1.165, 1.54) is 0 Å². The third-order valence-corrected chi connectivity index (χ3v) is 3.47. The number of alkyl halides is 3. The number of halogens is 3. The second-order valence-corrected chi connectivity index (χ2v) is 4.75. The smallest absolute Gasteiger partial charge is 0.356 e. The van der Waals surface area contributed by atoms with E-state index in [-0.39, 0.29) is 0 Å². The third-order valence-electron chi connectivity index (χ3n) is 3.47. The second-order valence-electron chi connectivity index (χ2n) is 4.75. The van der Waals surface area contributed by atoms with Crippen molar-refractivity contribution in [1.82, 2.24) is 4.90 Å². The van der Waals surface area contributed by atoms with Gasteiger partial charge in [0.25, 0.3) is 0 Å². The molecule has 1 aromatic rings. The molecule has 0 bridgehead atoms. The molecule has 1 fully saturated rings. The lowest BCUT2D eigenvalue weighted by Crippen LogP contribution is -2.36. The first kappa shape index (κ1) is 11.6. The molecule has 1 aromatic carbocycles. The minimum absolute atomic E-state index is 0.484. The Morgan fingerprint density at radius 2 is 2.00 bits per heavy atom. The maximum absolute atomic E-state index is 12.6. The molecule has 0 aromatic heterocycles. The second kappa shape index (κ2) is 4.00. The molecule has 0 radical (unpaired) electrons. The van der Waals surface area contributed by atoms with Crippen LogP contribution in [0.2, 0.25) is 0 Å². The van der Waals surface area contributed by atoms with E-state index in [9.17, 15) is 13.2 Å². The van der Waals surface area contributed by atoms with Gasteiger partial charge in [-0.25, -0.2) is 4.99 Å². The van der Waals surface area contributed by atoms with Gasteiger partial charge in [0.05, 0.1) is 11.3 Å². The largest absolute Gasteiger partial charge is 0.416 e. The van der Waals surface area contributed by atoms with E-state index < -0.39 is 11.7 Å². The highest BCUT2D eigenvalue weighted by molar-refractivity contribution is 5.87. The summed E-state index contributed by atoms with van der Waals surface area (Å²) in [6, 6.07) is 3.85. The lowest BCUT2D eigenvalue weighted by molar-refractivity contribution is -0.137. The van der Waals surface area contributed by atoms with Gasteiger partial charge >= 0.3 is 6.18 Å². The average molecular weight is 254 g/mol. The van der Waals surface area contributed by atoms with Gasteiger partial charge in [-0.15, -0.1) is 0 Å². The van der Waals surface area contributed by atoms with Crippen LogP contribution in [-0.2, 0) is 12.7 Å². The van der Waals surface area contributed by atoms with Crippen molar-refractivity contribution in [2.24, 2.45) is 4.99 Å². The summed E-state index contributed by atoms with van der Waals surface area (Å²) in [5, 5.41) is 0. The zero-order valence-corrected chi connectivity index (χ0v) is 9.80. The molecule has 1 saturated heterocycles. The van der Waals surface area contributed by atoms with Gasteiger partial charge in [0.1, 0.15) is 5.84 Å². The Balaban J connectivity index is 2.00. The van der Waals surface area contributed by atoms with E-state index in [0.29, 0.717) is 12.2 Å². The van der Waals surface area contributed by atoms with Gasteiger partial charge in [0.15, 0.2) is 0 Å². The molecule has 0 spiro atoms. The van der Waals surface area contributed by atoms with Gasteiger partial charge in [-0.3, -0.25) is 0 Å². The van der Waals surface area contributed by atoms with Crippen molar-refractivity contribution >= 4 is 11.5 Å². The lowest BCUT2D eigenvalue weighted by Gasteiger charge is -2.34. The Bertz CT molecular complexity index is 505. The van der Waals surface area contributed by atoms with Crippen molar-refractivity contribution in [3.05, 3.63) is 29.3 Å². The highest BCUT2D eigenvalue weighted by Gasteiger charge is 2.32. The fourth-order valence-corrected chi connectivity index (χ4v) is 2.49. The Kier molecular flexibility index (Phi) is 2.57. The van der Waals surface area contributed by atoms with E-state index >= 15 is 0 Å². The van der Waals surface area contributed by atoms with Gasteiger partial charge < -0.3 is 4.90 Å². The summed E-state index contributed by atoms with van der Waals surface area (Å²) in [5.41, 5.74) is 0.751. The predicted molar refractivity (Wildman–Crippen MR) is 62.8 cm³/mol. The van der Waals surface area contributed by atoms with Gasteiger partial charge in [-0.1, -0.05) is 6.07 Å². The molecule has 0 N–H and O–H groups in total. The summed E-state index contributed by atoms with van der Waals surface area (Å²) in [7, 11) is 0.